The van der Waals surface area contributed by atoms with Crippen molar-refractivity contribution in [3.05, 3.63) is 88.8 Å². The van der Waals surface area contributed by atoms with Crippen molar-refractivity contribution >= 4 is 38.5 Å². The molecule has 10 unspecified atom stereocenters. The summed E-state index contributed by atoms with van der Waals surface area (Å²) >= 11 is 0. The molecule has 0 bridgehead atoms. The van der Waals surface area contributed by atoms with E-state index >= 15 is 0 Å². The van der Waals surface area contributed by atoms with E-state index in [1.165, 1.54) is 100 Å². The van der Waals surface area contributed by atoms with Gasteiger partial charge in [-0.15, -0.1) is 0 Å². The predicted molar refractivity (Wildman–Crippen MR) is 267 cm³/mol. The normalized spacial score (nSPS) is 24.1. The van der Waals surface area contributed by atoms with Crippen LogP contribution in [0.25, 0.3) is 21.6 Å². The number of phosphoric ester groups is 2. The molecule has 0 aromatic carbocycles. The number of H-pyrrole nitrogens is 2. The molecule has 4 aromatic heterocycles. The molecule has 75 heavy (non-hydrogen) atoms. The van der Waals surface area contributed by atoms with Gasteiger partial charge in [-0.3, -0.25) is 46.6 Å². The van der Waals surface area contributed by atoms with Gasteiger partial charge < -0.3 is 39.2 Å². The van der Waals surface area contributed by atoms with E-state index in [4.69, 9.17) is 27.8 Å². The van der Waals surface area contributed by atoms with Crippen molar-refractivity contribution in [1.29, 1.82) is 0 Å². The molecule has 0 spiro atoms. The minimum Gasteiger partial charge on any atom is -0.352 e. The molecule has 10 atom stereocenters. The number of nitrogens with one attached hydrogen (secondary N) is 3. The lowest BCUT2D eigenvalue weighted by molar-refractivity contribution is -0.116. The molecule has 28 nitrogen and oxygen atoms in total. The highest BCUT2D eigenvalue weighted by molar-refractivity contribution is 7.47. The number of anilines is 1. The maximum atomic E-state index is 13.6. The molecule has 3 aliphatic heterocycles. The Morgan fingerprint density at radius 2 is 1.52 bits per heavy atom. The number of phosphoric acid groups is 2. The third-order valence-electron chi connectivity index (χ3n) is 13.6. The van der Waals surface area contributed by atoms with Crippen molar-refractivity contribution in [1.82, 2.24) is 38.6 Å². The summed E-state index contributed by atoms with van der Waals surface area (Å²) in [4.78, 5) is 115. The van der Waals surface area contributed by atoms with Gasteiger partial charge in [0, 0.05) is 48.0 Å². The van der Waals surface area contributed by atoms with Crippen molar-refractivity contribution in [3.8, 4) is 0 Å². The summed E-state index contributed by atoms with van der Waals surface area (Å²) in [6, 6.07) is 0.383. The molecular weight excluding hydrogens is 1030 g/mol. The highest BCUT2D eigenvalue weighted by Crippen LogP contribution is 2.50. The lowest BCUT2D eigenvalue weighted by Gasteiger charge is -2.31. The number of aryl methyl sites for hydroxylation is 1. The van der Waals surface area contributed by atoms with E-state index in [-0.39, 0.29) is 60.6 Å². The van der Waals surface area contributed by atoms with Crippen LogP contribution >= 0.6 is 15.6 Å². The van der Waals surface area contributed by atoms with E-state index in [1.807, 2.05) is 0 Å². The Hall–Kier alpha value is -5.21. The number of fused-ring (bicyclic) bond motifs is 1. The zero-order chi connectivity index (χ0) is 53.7. The van der Waals surface area contributed by atoms with E-state index in [2.05, 4.69) is 47.2 Å². The first-order valence-electron chi connectivity index (χ1n) is 25.4. The molecule has 4 aromatic rings. The second kappa shape index (κ2) is 26.7. The van der Waals surface area contributed by atoms with Crippen LogP contribution in [0, 0.1) is 12.8 Å². The van der Waals surface area contributed by atoms with Gasteiger partial charge >= 0.3 is 27.0 Å². The van der Waals surface area contributed by atoms with Crippen LogP contribution in [0.15, 0.2) is 55.4 Å². The number of nitrogens with zero attached hydrogens (tertiary/aromatic N) is 9. The number of aromatic nitrogens is 8. The first-order valence-corrected chi connectivity index (χ1v) is 28.4. The highest BCUT2D eigenvalue weighted by Gasteiger charge is 2.50. The van der Waals surface area contributed by atoms with Gasteiger partial charge in [0.1, 0.15) is 30.6 Å². The van der Waals surface area contributed by atoms with Crippen molar-refractivity contribution in [3.63, 3.8) is 0 Å². The summed E-state index contributed by atoms with van der Waals surface area (Å²) in [5, 5.41) is 6.34. The molecule has 3 aliphatic rings. The number of hydrogen-bond donors (Lipinski definition) is 6. The quantitative estimate of drug-likeness (QED) is 0.0123. The van der Waals surface area contributed by atoms with E-state index in [0.717, 1.165) is 28.4 Å². The summed E-state index contributed by atoms with van der Waals surface area (Å²) in [5.74, 6) is -1.48. The molecule has 1 amide bonds. The topological polar surface area (TPSA) is 381 Å². The van der Waals surface area contributed by atoms with Gasteiger partial charge in [0.2, 0.25) is 5.91 Å². The lowest BCUT2D eigenvalue weighted by Crippen LogP contribution is -2.41. The number of ether oxygens (including phenoxy) is 3. The van der Waals surface area contributed by atoms with Crippen LogP contribution in [0.1, 0.15) is 147 Å². The zero-order valence-corrected chi connectivity index (χ0v) is 43.6. The fraction of sp³-hybridized carbons (Fsp3) is 0.689. The van der Waals surface area contributed by atoms with Gasteiger partial charge in [-0.25, -0.2) is 28.7 Å². The third kappa shape index (κ3) is 15.9. The Morgan fingerprint density at radius 1 is 0.867 bits per heavy atom. The van der Waals surface area contributed by atoms with Crippen LogP contribution in [0.4, 0.5) is 5.82 Å². The van der Waals surface area contributed by atoms with Crippen LogP contribution in [-0.2, 0) is 41.7 Å². The van der Waals surface area contributed by atoms with Crippen molar-refractivity contribution in [2.75, 3.05) is 18.5 Å². The largest absolute Gasteiger partial charge is 0.472 e. The minimum atomic E-state index is -5.34. The number of carbonyl (C=O) groups is 1. The van der Waals surface area contributed by atoms with Crippen molar-refractivity contribution in [2.45, 2.75) is 179 Å². The van der Waals surface area contributed by atoms with E-state index in [9.17, 15) is 53.3 Å². The van der Waals surface area contributed by atoms with E-state index < -0.39 is 106 Å². The van der Waals surface area contributed by atoms with Gasteiger partial charge in [-0.1, -0.05) is 89.1 Å². The summed E-state index contributed by atoms with van der Waals surface area (Å²) in [7, 11) is -10.4. The summed E-state index contributed by atoms with van der Waals surface area (Å²) in [5.41, 5.74) is 6.84. The molecule has 0 aliphatic carbocycles. The van der Waals surface area contributed by atoms with Gasteiger partial charge in [-0.2, -0.15) is 4.98 Å². The Morgan fingerprint density at radius 3 is 2.19 bits per heavy atom. The number of rotatable bonds is 29. The van der Waals surface area contributed by atoms with Crippen LogP contribution in [0.2, 0.25) is 0 Å². The molecule has 412 valence electrons. The molecule has 6 N–H and O–H groups in total. The van der Waals surface area contributed by atoms with Crippen molar-refractivity contribution < 1.29 is 56.4 Å². The maximum absolute atomic E-state index is 13.6. The van der Waals surface area contributed by atoms with Crippen LogP contribution in [-0.4, -0.2) is 103 Å². The molecule has 0 saturated carbocycles. The third-order valence-corrected chi connectivity index (χ3v) is 15.1. The number of aromatic amines is 2. The maximum Gasteiger partial charge on any atom is 0.472 e. The smallest absolute Gasteiger partial charge is 0.352 e. The predicted octanol–water partition coefficient (Wildman–Crippen LogP) is 5.81. The summed E-state index contributed by atoms with van der Waals surface area (Å²) < 4.78 is 64.5. The highest BCUT2D eigenvalue weighted by atomic mass is 31.2. The summed E-state index contributed by atoms with van der Waals surface area (Å²) in [6.45, 7) is 2.19. The van der Waals surface area contributed by atoms with Crippen LogP contribution in [0.5, 0.6) is 0 Å². The van der Waals surface area contributed by atoms with E-state index in [0.29, 0.717) is 6.42 Å². The van der Waals surface area contributed by atoms with Crippen molar-refractivity contribution in [2.24, 2.45) is 11.0 Å². The Balaban J connectivity index is 1.01. The first-order chi connectivity index (χ1) is 35.9. The van der Waals surface area contributed by atoms with Gasteiger partial charge in [0.25, 0.3) is 11.1 Å². The molecular formula is C45H66N12O16P2. The van der Waals surface area contributed by atoms with Crippen LogP contribution < -0.4 is 27.8 Å². The zero-order valence-electron chi connectivity index (χ0n) is 41.8. The molecule has 7 heterocycles. The lowest BCUT2D eigenvalue weighted by atomic mass is 9.90. The Kier molecular flexibility index (Phi) is 20.5. The molecule has 7 rings (SSSR count). The van der Waals surface area contributed by atoms with Gasteiger partial charge in [-0.05, 0) is 37.8 Å². The average Bonchev–Trinajstić information content (AvgIpc) is 4.19. The fourth-order valence-electron chi connectivity index (χ4n) is 9.78. The number of azide groups is 1. The average molecular weight is 1090 g/mol. The first kappa shape index (κ1) is 57.5. The van der Waals surface area contributed by atoms with Gasteiger partial charge in [0.15, 0.2) is 11.2 Å². The van der Waals surface area contributed by atoms with E-state index in [1.54, 1.807) is 0 Å². The Labute approximate surface area is 429 Å². The number of amides is 1. The van der Waals surface area contributed by atoms with Crippen LogP contribution in [0.3, 0.4) is 0 Å². The fourth-order valence-corrected chi connectivity index (χ4v) is 11.1. The number of hydrogen-bond acceptors (Lipinski definition) is 17. The molecule has 3 fully saturated rings. The molecule has 3 saturated heterocycles. The summed E-state index contributed by atoms with van der Waals surface area (Å²) in [6.07, 6.45) is 12.1. The standard InChI is InChI=1S/C45H66N12O16P2/c1-3-4-5-6-7-8-9-10-11-12-13-14-15-16-35(58)50-34-19-20-55(44(61)51-34)37-21-29(40(73-74(63,64)65)31-17-18-36(70-31)57-27-49-39-41(57)47-26-48-43(39)60)32(71-37)24-68-75(66,67)69-25-33-30(53-54-46)22-38(72-33)56-23-28(2)42(59)52-45(56)62/h19-20,23,26-27,29-33,36-38,40H,3-18,21-22,24-25H2,1-2H3,(H,66,67)(H,47,48,60)(H,52,59,62)(H2,63,64,65)(H,50,51,58,61). The number of imidazole rings is 1. The second-order valence-corrected chi connectivity index (χ2v) is 21.7. The number of carbonyl (C=O) groups excluding carboxylic acids is 1. The SMILES string of the molecule is CCCCCCCCCCCCCCCC(=O)Nc1ccn(C2CC(C(OP(=O)(O)O)C3CCC(n4cnc5c(=O)[nH]cnc54)O3)C(COP(=O)(O)OCC3OC(n4cc(C)c(=O)[nH]c4=O)CC3N=[N+]=[N-])O2)c(=O)n1. The monoisotopic (exact) mass is 1090 g/mol. The second-order valence-electron chi connectivity index (χ2n) is 19.1. The Bertz CT molecular complexity index is 2950. The number of unbranched alkanes of at least 4 members (excludes halogenated alkanes) is 12. The molecule has 0 radical (unpaired) electrons. The minimum absolute atomic E-state index is 0.0125. The molecule has 30 heteroatoms. The van der Waals surface area contributed by atoms with Gasteiger partial charge in [0.05, 0.1) is 50.2 Å².